The largest absolute Gasteiger partial charge is 0.355 e. The quantitative estimate of drug-likeness (QED) is 0.565. The maximum absolute atomic E-state index is 12.2. The van der Waals surface area contributed by atoms with E-state index in [0.717, 1.165) is 6.54 Å². The molecular formula is C15H22N4O4S. The standard InChI is InChI=1S/C15H22N4O4S/c1-2-17-6-7-18-15(21)11-8-14(20)19(10-11)12-4-3-5-13(9-12)24(16,22)23/h3-5,9,11,17H,2,6-8,10H2,1H3,(H,18,21)(H2,16,22,23). The molecule has 2 amide bonds. The Morgan fingerprint density at radius 1 is 1.38 bits per heavy atom. The number of carbonyl (C=O) groups excluding carboxylic acids is 2. The highest BCUT2D eigenvalue weighted by Gasteiger charge is 2.35. The summed E-state index contributed by atoms with van der Waals surface area (Å²) in [5, 5.41) is 11.0. The lowest BCUT2D eigenvalue weighted by atomic mass is 10.1. The first-order valence-electron chi connectivity index (χ1n) is 7.74. The number of sulfonamides is 1. The number of likely N-dealkylation sites (N-methyl/N-ethyl adjacent to an activating group) is 1. The first-order chi connectivity index (χ1) is 11.3. The Hall–Kier alpha value is -1.97. The van der Waals surface area contributed by atoms with E-state index in [9.17, 15) is 18.0 Å². The molecule has 0 spiro atoms. The summed E-state index contributed by atoms with van der Waals surface area (Å²) in [4.78, 5) is 25.7. The van der Waals surface area contributed by atoms with Gasteiger partial charge in [-0.3, -0.25) is 9.59 Å². The van der Waals surface area contributed by atoms with Crippen molar-refractivity contribution >= 4 is 27.5 Å². The number of anilines is 1. The molecule has 132 valence electrons. The molecule has 1 aromatic rings. The SMILES string of the molecule is CCNCCNC(=O)C1CC(=O)N(c2cccc(S(N)(=O)=O)c2)C1. The van der Waals surface area contributed by atoms with Gasteiger partial charge < -0.3 is 15.5 Å². The Balaban J connectivity index is 2.03. The molecule has 2 rings (SSSR count). The molecule has 9 heteroatoms. The van der Waals surface area contributed by atoms with Crippen molar-refractivity contribution in [3.05, 3.63) is 24.3 Å². The van der Waals surface area contributed by atoms with Gasteiger partial charge in [-0.25, -0.2) is 13.6 Å². The summed E-state index contributed by atoms with van der Waals surface area (Å²) in [5.41, 5.74) is 0.425. The van der Waals surface area contributed by atoms with E-state index >= 15 is 0 Å². The number of benzene rings is 1. The maximum Gasteiger partial charge on any atom is 0.238 e. The van der Waals surface area contributed by atoms with Gasteiger partial charge in [0.1, 0.15) is 0 Å². The average Bonchev–Trinajstić information content (AvgIpc) is 2.93. The first kappa shape index (κ1) is 18.4. The number of primary sulfonamides is 1. The minimum absolute atomic E-state index is 0.0636. The number of hydrogen-bond donors (Lipinski definition) is 3. The fourth-order valence-electron chi connectivity index (χ4n) is 2.56. The molecule has 0 bridgehead atoms. The number of rotatable bonds is 7. The molecule has 1 aliphatic rings. The van der Waals surface area contributed by atoms with E-state index in [-0.39, 0.29) is 29.7 Å². The topological polar surface area (TPSA) is 122 Å². The van der Waals surface area contributed by atoms with Crippen molar-refractivity contribution in [3.8, 4) is 0 Å². The van der Waals surface area contributed by atoms with E-state index in [1.807, 2.05) is 6.92 Å². The minimum atomic E-state index is -3.84. The minimum Gasteiger partial charge on any atom is -0.355 e. The second kappa shape index (κ2) is 7.73. The highest BCUT2D eigenvalue weighted by molar-refractivity contribution is 7.89. The van der Waals surface area contributed by atoms with Crippen LogP contribution in [0.4, 0.5) is 5.69 Å². The van der Waals surface area contributed by atoms with Crippen LogP contribution < -0.4 is 20.7 Å². The third-order valence-corrected chi connectivity index (χ3v) is 4.72. The predicted molar refractivity (Wildman–Crippen MR) is 89.8 cm³/mol. The Bertz CT molecular complexity index is 720. The summed E-state index contributed by atoms with van der Waals surface area (Å²) in [7, 11) is -3.84. The van der Waals surface area contributed by atoms with Crippen LogP contribution in [0.5, 0.6) is 0 Å². The Labute approximate surface area is 141 Å². The van der Waals surface area contributed by atoms with Crippen LogP contribution in [-0.4, -0.2) is 46.4 Å². The van der Waals surface area contributed by atoms with Crippen molar-refractivity contribution < 1.29 is 18.0 Å². The maximum atomic E-state index is 12.2. The lowest BCUT2D eigenvalue weighted by molar-refractivity contribution is -0.126. The van der Waals surface area contributed by atoms with Gasteiger partial charge in [-0.05, 0) is 24.7 Å². The molecule has 1 saturated heterocycles. The molecule has 1 fully saturated rings. The number of nitrogens with zero attached hydrogens (tertiary/aromatic N) is 1. The smallest absolute Gasteiger partial charge is 0.238 e. The average molecular weight is 354 g/mol. The zero-order valence-electron chi connectivity index (χ0n) is 13.5. The van der Waals surface area contributed by atoms with Gasteiger partial charge in [0.25, 0.3) is 0 Å². The third kappa shape index (κ3) is 4.53. The molecule has 0 aromatic heterocycles. The van der Waals surface area contributed by atoms with Gasteiger partial charge >= 0.3 is 0 Å². The van der Waals surface area contributed by atoms with Crippen LogP contribution in [0, 0.1) is 5.92 Å². The molecule has 1 aliphatic heterocycles. The lowest BCUT2D eigenvalue weighted by Crippen LogP contribution is -2.37. The number of nitrogens with one attached hydrogen (secondary N) is 2. The molecule has 0 aliphatic carbocycles. The molecule has 1 atom stereocenters. The van der Waals surface area contributed by atoms with E-state index in [1.165, 1.54) is 23.1 Å². The molecule has 4 N–H and O–H groups in total. The van der Waals surface area contributed by atoms with Crippen molar-refractivity contribution in [2.45, 2.75) is 18.2 Å². The number of carbonyl (C=O) groups is 2. The van der Waals surface area contributed by atoms with Gasteiger partial charge in [0.15, 0.2) is 0 Å². The molecule has 8 nitrogen and oxygen atoms in total. The second-order valence-electron chi connectivity index (χ2n) is 5.59. The molecule has 24 heavy (non-hydrogen) atoms. The van der Waals surface area contributed by atoms with E-state index in [1.54, 1.807) is 6.07 Å². The Morgan fingerprint density at radius 3 is 2.79 bits per heavy atom. The van der Waals surface area contributed by atoms with Crippen LogP contribution in [0.25, 0.3) is 0 Å². The molecular weight excluding hydrogens is 332 g/mol. The van der Waals surface area contributed by atoms with Gasteiger partial charge in [0.05, 0.1) is 10.8 Å². The van der Waals surface area contributed by atoms with Crippen LogP contribution in [0.3, 0.4) is 0 Å². The molecule has 1 unspecified atom stereocenters. The number of amides is 2. The van der Waals surface area contributed by atoms with Crippen molar-refractivity contribution in [2.75, 3.05) is 31.1 Å². The van der Waals surface area contributed by atoms with Crippen molar-refractivity contribution in [2.24, 2.45) is 11.1 Å². The van der Waals surface area contributed by atoms with Crippen molar-refractivity contribution in [3.63, 3.8) is 0 Å². The van der Waals surface area contributed by atoms with Crippen LogP contribution in [0.2, 0.25) is 0 Å². The van der Waals surface area contributed by atoms with E-state index in [2.05, 4.69) is 10.6 Å². The summed E-state index contributed by atoms with van der Waals surface area (Å²) in [6, 6.07) is 5.85. The van der Waals surface area contributed by atoms with Crippen molar-refractivity contribution in [1.29, 1.82) is 0 Å². The van der Waals surface area contributed by atoms with Gasteiger partial charge in [-0.1, -0.05) is 13.0 Å². The van der Waals surface area contributed by atoms with Crippen LogP contribution >= 0.6 is 0 Å². The fourth-order valence-corrected chi connectivity index (χ4v) is 3.11. The summed E-state index contributed by atoms with van der Waals surface area (Å²) < 4.78 is 22.9. The summed E-state index contributed by atoms with van der Waals surface area (Å²) in [6.45, 7) is 4.19. The molecule has 1 aromatic carbocycles. The van der Waals surface area contributed by atoms with E-state index < -0.39 is 15.9 Å². The Morgan fingerprint density at radius 2 is 2.12 bits per heavy atom. The van der Waals surface area contributed by atoms with E-state index in [4.69, 9.17) is 5.14 Å². The molecule has 0 saturated carbocycles. The monoisotopic (exact) mass is 354 g/mol. The summed E-state index contributed by atoms with van der Waals surface area (Å²) in [6.07, 6.45) is 0.104. The van der Waals surface area contributed by atoms with Gasteiger partial charge in [-0.15, -0.1) is 0 Å². The Kier molecular flexibility index (Phi) is 5.92. The second-order valence-corrected chi connectivity index (χ2v) is 7.15. The van der Waals surface area contributed by atoms with Crippen LogP contribution in [0.1, 0.15) is 13.3 Å². The molecule has 1 heterocycles. The normalized spacial score (nSPS) is 18.0. The van der Waals surface area contributed by atoms with Crippen LogP contribution in [0.15, 0.2) is 29.2 Å². The molecule has 0 radical (unpaired) electrons. The highest BCUT2D eigenvalue weighted by Crippen LogP contribution is 2.26. The van der Waals surface area contributed by atoms with Gasteiger partial charge in [0.2, 0.25) is 21.8 Å². The van der Waals surface area contributed by atoms with Gasteiger partial charge in [0, 0.05) is 31.7 Å². The number of hydrogen-bond acceptors (Lipinski definition) is 5. The lowest BCUT2D eigenvalue weighted by Gasteiger charge is -2.17. The van der Waals surface area contributed by atoms with Gasteiger partial charge in [-0.2, -0.15) is 0 Å². The fraction of sp³-hybridized carbons (Fsp3) is 0.467. The van der Waals surface area contributed by atoms with E-state index in [0.29, 0.717) is 18.8 Å². The third-order valence-electron chi connectivity index (χ3n) is 3.80. The summed E-state index contributed by atoms with van der Waals surface area (Å²) in [5.74, 6) is -0.836. The predicted octanol–water partition coefficient (Wildman–Crippen LogP) is -0.587. The first-order valence-corrected chi connectivity index (χ1v) is 9.29. The summed E-state index contributed by atoms with van der Waals surface area (Å²) >= 11 is 0. The zero-order valence-corrected chi connectivity index (χ0v) is 14.3. The van der Waals surface area contributed by atoms with Crippen molar-refractivity contribution in [1.82, 2.24) is 10.6 Å². The van der Waals surface area contributed by atoms with Crippen LogP contribution in [-0.2, 0) is 19.6 Å². The zero-order chi connectivity index (χ0) is 17.7. The number of nitrogens with two attached hydrogens (primary N) is 1. The highest BCUT2D eigenvalue weighted by atomic mass is 32.2.